The number of piperidine rings is 1. The minimum atomic E-state index is -1.57. The topological polar surface area (TPSA) is 137 Å². The van der Waals surface area contributed by atoms with E-state index in [-0.39, 0.29) is 36.2 Å². The molecule has 0 bridgehead atoms. The van der Waals surface area contributed by atoms with Gasteiger partial charge in [-0.25, -0.2) is 29.1 Å². The van der Waals surface area contributed by atoms with Crippen LogP contribution in [-0.2, 0) is 9.63 Å². The van der Waals surface area contributed by atoms with Gasteiger partial charge in [-0.05, 0) is 43.9 Å². The van der Waals surface area contributed by atoms with E-state index in [2.05, 4.69) is 37.0 Å². The molecule has 3 heterocycles. The molecule has 1 atom stereocenters. The first-order chi connectivity index (χ1) is 23.7. The molecule has 6 rings (SSSR count). The number of rotatable bonds is 11. The fourth-order valence-corrected chi connectivity index (χ4v) is 7.00. The fraction of sp³-hybridized carbons (Fsp3) is 0.471. The molecule has 1 amide bonds. The Labute approximate surface area is 284 Å². The smallest absolute Gasteiger partial charge is 0.247 e. The van der Waals surface area contributed by atoms with Crippen molar-refractivity contribution in [3.05, 3.63) is 71.8 Å². The standard InChI is InChI=1S/C34H44F3N9O3/c1-3-32(47)41-25-18-26(40-30(38)20-31(42-39)46-27(10-17-49-46)23-6-7-24(35)34(37)33(23)36)29(48-2)19-28(25)45-11-8-22(9-12-45)44-15-13-43(14-16-44)21-4-5-21/h3,6-7,18-22,27,42H,1,4-5,8-17,39H2,2H3,(H2,38,40)(H,41,47)/b31-20+/t27-/m1/s1. The summed E-state index contributed by atoms with van der Waals surface area (Å²) in [5, 5.41) is 4.14. The maximum atomic E-state index is 14.7. The summed E-state index contributed by atoms with van der Waals surface area (Å²) in [4.78, 5) is 30.2. The van der Waals surface area contributed by atoms with E-state index in [4.69, 9.17) is 21.2 Å². The Hall–Kier alpha value is -4.31. The maximum Gasteiger partial charge on any atom is 0.247 e. The zero-order chi connectivity index (χ0) is 34.7. The van der Waals surface area contributed by atoms with Crippen molar-refractivity contribution >= 4 is 28.8 Å². The van der Waals surface area contributed by atoms with Crippen molar-refractivity contribution in [2.75, 3.05) is 63.2 Å². The van der Waals surface area contributed by atoms with Gasteiger partial charge in [0.05, 0.1) is 31.1 Å². The number of carbonyl (C=O) groups excluding carboxylic acids is 1. The van der Waals surface area contributed by atoms with Crippen LogP contribution in [0, 0.1) is 17.5 Å². The number of amides is 1. The van der Waals surface area contributed by atoms with Crippen molar-refractivity contribution in [3.8, 4) is 5.75 Å². The lowest BCUT2D eigenvalue weighted by molar-refractivity contribution is -0.111. The third kappa shape index (κ3) is 7.64. The molecule has 0 spiro atoms. The molecule has 1 aliphatic carbocycles. The summed E-state index contributed by atoms with van der Waals surface area (Å²) in [7, 11) is 1.52. The number of anilines is 2. The van der Waals surface area contributed by atoms with Crippen LogP contribution in [0.25, 0.3) is 0 Å². The van der Waals surface area contributed by atoms with Crippen LogP contribution in [0.3, 0.4) is 0 Å². The highest BCUT2D eigenvalue weighted by atomic mass is 19.2. The largest absolute Gasteiger partial charge is 0.494 e. The summed E-state index contributed by atoms with van der Waals surface area (Å²) < 4.78 is 48.0. The van der Waals surface area contributed by atoms with Gasteiger partial charge in [-0.2, -0.15) is 0 Å². The number of amidine groups is 1. The van der Waals surface area contributed by atoms with E-state index >= 15 is 0 Å². The van der Waals surface area contributed by atoms with E-state index in [0.717, 1.165) is 76.0 Å². The molecule has 0 radical (unpaired) electrons. The van der Waals surface area contributed by atoms with Crippen molar-refractivity contribution in [3.63, 3.8) is 0 Å². The summed E-state index contributed by atoms with van der Waals surface area (Å²) in [6.07, 6.45) is 7.51. The van der Waals surface area contributed by atoms with Crippen molar-refractivity contribution in [1.29, 1.82) is 0 Å². The Morgan fingerprint density at radius 2 is 1.67 bits per heavy atom. The number of aliphatic imine (C=N–C) groups is 1. The molecule has 1 saturated carbocycles. The van der Waals surface area contributed by atoms with E-state index in [1.165, 1.54) is 37.2 Å². The lowest BCUT2D eigenvalue weighted by Gasteiger charge is -2.43. The molecule has 2 aromatic rings. The molecule has 2 aromatic carbocycles. The summed E-state index contributed by atoms with van der Waals surface area (Å²) >= 11 is 0. The van der Waals surface area contributed by atoms with E-state index in [1.54, 1.807) is 6.07 Å². The molecule has 3 saturated heterocycles. The number of hydroxylamine groups is 2. The first-order valence-corrected chi connectivity index (χ1v) is 16.7. The summed E-state index contributed by atoms with van der Waals surface area (Å²) in [6.45, 7) is 9.86. The van der Waals surface area contributed by atoms with Crippen LogP contribution in [0.5, 0.6) is 5.75 Å². The van der Waals surface area contributed by atoms with Gasteiger partial charge >= 0.3 is 0 Å². The Kier molecular flexibility index (Phi) is 10.6. The molecule has 0 aromatic heterocycles. The second kappa shape index (κ2) is 15.1. The zero-order valence-electron chi connectivity index (χ0n) is 27.6. The monoisotopic (exact) mass is 683 g/mol. The highest BCUT2D eigenvalue weighted by Crippen LogP contribution is 2.41. The minimum Gasteiger partial charge on any atom is -0.494 e. The van der Waals surface area contributed by atoms with Gasteiger partial charge in [-0.1, -0.05) is 12.6 Å². The second-order valence-electron chi connectivity index (χ2n) is 12.7. The van der Waals surface area contributed by atoms with Crippen molar-refractivity contribution < 1.29 is 27.5 Å². The molecule has 4 aliphatic rings. The van der Waals surface area contributed by atoms with Gasteiger partial charge in [0, 0.05) is 75.5 Å². The lowest BCUT2D eigenvalue weighted by Crippen LogP contribution is -2.53. The molecule has 264 valence electrons. The second-order valence-corrected chi connectivity index (χ2v) is 12.7. The molecular weight excluding hydrogens is 639 g/mol. The number of hydrogen-bond acceptors (Lipinski definition) is 10. The average molecular weight is 684 g/mol. The van der Waals surface area contributed by atoms with Crippen molar-refractivity contribution in [2.45, 2.75) is 50.2 Å². The average Bonchev–Trinajstić information content (AvgIpc) is 3.86. The molecule has 4 fully saturated rings. The normalized spacial score (nSPS) is 21.6. The van der Waals surface area contributed by atoms with Gasteiger partial charge in [-0.3, -0.25) is 19.4 Å². The number of ether oxygens (including phenoxy) is 1. The van der Waals surface area contributed by atoms with E-state index in [1.807, 2.05) is 6.07 Å². The number of nitrogens with zero attached hydrogens (tertiary/aromatic N) is 5. The number of hydrazine groups is 1. The minimum absolute atomic E-state index is 0.0393. The number of methoxy groups -OCH3 is 1. The van der Waals surface area contributed by atoms with Crippen molar-refractivity contribution in [2.24, 2.45) is 16.6 Å². The van der Waals surface area contributed by atoms with Gasteiger partial charge in [-0.15, -0.1) is 0 Å². The fourth-order valence-electron chi connectivity index (χ4n) is 7.00. The third-order valence-corrected chi connectivity index (χ3v) is 9.72. The molecule has 15 heteroatoms. The Morgan fingerprint density at radius 1 is 1.00 bits per heavy atom. The lowest BCUT2D eigenvalue weighted by atomic mass is 10.0. The number of carbonyl (C=O) groups is 1. The number of nitrogens with one attached hydrogen (secondary N) is 2. The number of nitrogens with two attached hydrogens (primary N) is 2. The van der Waals surface area contributed by atoms with Gasteiger partial charge < -0.3 is 26.1 Å². The van der Waals surface area contributed by atoms with Gasteiger partial charge in [0.2, 0.25) is 5.91 Å². The number of benzene rings is 2. The Balaban J connectivity index is 1.21. The van der Waals surface area contributed by atoms with Crippen LogP contribution < -0.4 is 32.0 Å². The zero-order valence-corrected chi connectivity index (χ0v) is 27.6. The van der Waals surface area contributed by atoms with E-state index in [0.29, 0.717) is 23.2 Å². The quantitative estimate of drug-likeness (QED) is 0.0694. The van der Waals surface area contributed by atoms with Crippen LogP contribution in [0.4, 0.5) is 30.2 Å². The molecule has 6 N–H and O–H groups in total. The van der Waals surface area contributed by atoms with Crippen LogP contribution in [0.2, 0.25) is 0 Å². The van der Waals surface area contributed by atoms with E-state index < -0.39 is 23.5 Å². The van der Waals surface area contributed by atoms with Gasteiger partial charge in [0.1, 0.15) is 23.1 Å². The molecular formula is C34H44F3N9O3. The van der Waals surface area contributed by atoms with Crippen LogP contribution >= 0.6 is 0 Å². The summed E-state index contributed by atoms with van der Waals surface area (Å²) in [6, 6.07) is 6.03. The number of piperazine rings is 1. The summed E-state index contributed by atoms with van der Waals surface area (Å²) in [5.74, 6) is 1.71. The van der Waals surface area contributed by atoms with Gasteiger partial charge in [0.25, 0.3) is 0 Å². The molecule has 49 heavy (non-hydrogen) atoms. The highest BCUT2D eigenvalue weighted by molar-refractivity contribution is 6.02. The number of hydrogen-bond donors (Lipinski definition) is 4. The first kappa shape index (κ1) is 34.5. The maximum absolute atomic E-state index is 14.7. The van der Waals surface area contributed by atoms with Crippen LogP contribution in [0.1, 0.15) is 43.7 Å². The third-order valence-electron chi connectivity index (χ3n) is 9.72. The molecule has 3 aliphatic heterocycles. The van der Waals surface area contributed by atoms with Crippen LogP contribution in [0.15, 0.2) is 53.8 Å². The SMILES string of the molecule is C=CC(=O)Nc1cc(N=C(N)/C=C(\NN)N2OCC[C@@H]2c2ccc(F)c(F)c2F)c(OC)cc1N1CCC(N2CCN(C3CC3)CC2)CC1. The predicted molar refractivity (Wildman–Crippen MR) is 181 cm³/mol. The molecule has 0 unspecified atom stereocenters. The Bertz CT molecular complexity index is 1600. The van der Waals surface area contributed by atoms with Crippen LogP contribution in [-0.4, -0.2) is 91.7 Å². The number of halogens is 3. The van der Waals surface area contributed by atoms with Crippen molar-refractivity contribution in [1.82, 2.24) is 20.3 Å². The first-order valence-electron chi connectivity index (χ1n) is 16.7. The predicted octanol–water partition coefficient (Wildman–Crippen LogP) is 3.66. The van der Waals surface area contributed by atoms with Gasteiger partial charge in [0.15, 0.2) is 17.5 Å². The summed E-state index contributed by atoms with van der Waals surface area (Å²) in [5.41, 5.74) is 10.3. The van der Waals surface area contributed by atoms with E-state index in [9.17, 15) is 18.0 Å². The molecule has 12 nitrogen and oxygen atoms in total. The highest BCUT2D eigenvalue weighted by Gasteiger charge is 2.35. The Morgan fingerprint density at radius 3 is 2.29 bits per heavy atom.